The number of aromatic nitrogens is 3. The summed E-state index contributed by atoms with van der Waals surface area (Å²) >= 11 is 0. The second-order valence-corrected chi connectivity index (χ2v) is 5.72. The van der Waals surface area contributed by atoms with Crippen molar-refractivity contribution in [3.63, 3.8) is 0 Å². The molecular formula is C17H16N4O. The summed E-state index contributed by atoms with van der Waals surface area (Å²) in [6.45, 7) is 0. The maximum absolute atomic E-state index is 10.8. The van der Waals surface area contributed by atoms with Gasteiger partial charge in [-0.25, -0.2) is 9.97 Å². The Bertz CT molecular complexity index is 847. The highest BCUT2D eigenvalue weighted by atomic mass is 16.1. The summed E-state index contributed by atoms with van der Waals surface area (Å²) in [6.07, 6.45) is 8.07. The van der Waals surface area contributed by atoms with Crippen molar-refractivity contribution in [2.45, 2.75) is 25.2 Å². The third-order valence-electron chi connectivity index (χ3n) is 4.40. The summed E-state index contributed by atoms with van der Waals surface area (Å²) in [5, 5.41) is 0. The van der Waals surface area contributed by atoms with Crippen LogP contribution >= 0.6 is 0 Å². The molecular weight excluding hydrogens is 276 g/mol. The van der Waals surface area contributed by atoms with Crippen LogP contribution in [0.2, 0.25) is 0 Å². The molecule has 2 aromatic heterocycles. The number of rotatable bonds is 3. The highest BCUT2D eigenvalue weighted by Crippen LogP contribution is 2.39. The van der Waals surface area contributed by atoms with Crippen LogP contribution in [0.25, 0.3) is 16.8 Å². The number of aldehydes is 1. The smallest absolute Gasteiger partial charge is 0.150 e. The normalized spacial score (nSPS) is 14.9. The molecule has 2 heterocycles. The second-order valence-electron chi connectivity index (χ2n) is 5.72. The Morgan fingerprint density at radius 3 is 2.64 bits per heavy atom. The average Bonchev–Trinajstić information content (AvgIpc) is 2.87. The molecule has 0 saturated heterocycles. The molecule has 5 nitrogen and oxygen atoms in total. The van der Waals surface area contributed by atoms with Crippen LogP contribution in [0.5, 0.6) is 0 Å². The van der Waals surface area contributed by atoms with Gasteiger partial charge in [0.2, 0.25) is 0 Å². The Balaban J connectivity index is 1.94. The Labute approximate surface area is 127 Å². The molecule has 0 atom stereocenters. The van der Waals surface area contributed by atoms with Gasteiger partial charge < -0.3 is 5.73 Å². The fraction of sp³-hybridized carbons (Fsp3) is 0.235. The first-order valence-corrected chi connectivity index (χ1v) is 7.46. The molecule has 3 aromatic rings. The van der Waals surface area contributed by atoms with Gasteiger partial charge in [0.05, 0.1) is 0 Å². The van der Waals surface area contributed by atoms with E-state index in [0.29, 0.717) is 17.3 Å². The molecule has 1 saturated carbocycles. The van der Waals surface area contributed by atoms with Gasteiger partial charge in [0.25, 0.3) is 0 Å². The maximum Gasteiger partial charge on any atom is 0.150 e. The zero-order chi connectivity index (χ0) is 15.1. The number of benzene rings is 1. The molecule has 0 radical (unpaired) electrons. The fourth-order valence-corrected chi connectivity index (χ4v) is 2.96. The van der Waals surface area contributed by atoms with E-state index in [4.69, 9.17) is 10.7 Å². The van der Waals surface area contributed by atoms with Crippen molar-refractivity contribution in [3.05, 3.63) is 48.0 Å². The number of fused-ring (bicyclic) bond motifs is 1. The van der Waals surface area contributed by atoms with Gasteiger partial charge in [0.1, 0.15) is 29.1 Å². The van der Waals surface area contributed by atoms with Crippen molar-refractivity contribution in [1.82, 2.24) is 14.4 Å². The van der Waals surface area contributed by atoms with E-state index in [1.807, 2.05) is 18.3 Å². The minimum absolute atomic E-state index is 0.482. The van der Waals surface area contributed by atoms with Gasteiger partial charge in [-0.2, -0.15) is 0 Å². The molecule has 4 rings (SSSR count). The number of carbonyl (C=O) groups is 1. The molecule has 5 heteroatoms. The molecule has 1 fully saturated rings. The van der Waals surface area contributed by atoms with E-state index in [-0.39, 0.29) is 0 Å². The van der Waals surface area contributed by atoms with Crippen molar-refractivity contribution < 1.29 is 4.79 Å². The number of nitrogens with two attached hydrogens (primary N) is 1. The SMILES string of the molecule is Nc1nccn2c(C3CCC3)nc(-c3ccc(C=O)cc3)c12. The Morgan fingerprint density at radius 2 is 2.00 bits per heavy atom. The van der Waals surface area contributed by atoms with E-state index in [0.717, 1.165) is 28.9 Å². The van der Waals surface area contributed by atoms with Crippen LogP contribution in [0.1, 0.15) is 41.4 Å². The first-order chi connectivity index (χ1) is 10.8. The Kier molecular flexibility index (Phi) is 2.92. The lowest BCUT2D eigenvalue weighted by atomic mass is 9.85. The van der Waals surface area contributed by atoms with Gasteiger partial charge in [0.15, 0.2) is 0 Å². The molecule has 0 spiro atoms. The van der Waals surface area contributed by atoms with Crippen LogP contribution in [-0.4, -0.2) is 20.7 Å². The topological polar surface area (TPSA) is 73.3 Å². The van der Waals surface area contributed by atoms with Crippen molar-refractivity contribution in [2.75, 3.05) is 5.73 Å². The molecule has 1 aromatic carbocycles. The lowest BCUT2D eigenvalue weighted by molar-refractivity contribution is 0.112. The third-order valence-corrected chi connectivity index (χ3v) is 4.40. The summed E-state index contributed by atoms with van der Waals surface area (Å²) in [5.74, 6) is 2.04. The average molecular weight is 292 g/mol. The van der Waals surface area contributed by atoms with Crippen molar-refractivity contribution in [1.29, 1.82) is 0 Å². The predicted molar refractivity (Wildman–Crippen MR) is 84.8 cm³/mol. The number of imidazole rings is 1. The van der Waals surface area contributed by atoms with Crippen LogP contribution in [0.15, 0.2) is 36.7 Å². The standard InChI is InChI=1S/C17H16N4O/c18-16-15-14(12-6-4-11(10-22)5-7-12)20-17(13-2-1-3-13)21(15)9-8-19-16/h4-10,13H,1-3H2,(H2,18,19). The molecule has 1 aliphatic carbocycles. The lowest BCUT2D eigenvalue weighted by Crippen LogP contribution is -2.12. The lowest BCUT2D eigenvalue weighted by Gasteiger charge is -2.23. The molecule has 0 aliphatic heterocycles. The number of nitrogens with zero attached hydrogens (tertiary/aromatic N) is 3. The van der Waals surface area contributed by atoms with Gasteiger partial charge in [-0.05, 0) is 12.8 Å². The molecule has 0 bridgehead atoms. The quantitative estimate of drug-likeness (QED) is 0.753. The minimum Gasteiger partial charge on any atom is -0.382 e. The number of hydrogen-bond acceptors (Lipinski definition) is 4. The van der Waals surface area contributed by atoms with Gasteiger partial charge in [-0.15, -0.1) is 0 Å². The first-order valence-electron chi connectivity index (χ1n) is 7.46. The largest absolute Gasteiger partial charge is 0.382 e. The maximum atomic E-state index is 10.8. The molecule has 2 N–H and O–H groups in total. The molecule has 0 unspecified atom stereocenters. The van der Waals surface area contributed by atoms with Crippen LogP contribution in [0.3, 0.4) is 0 Å². The van der Waals surface area contributed by atoms with Crippen LogP contribution < -0.4 is 5.73 Å². The summed E-state index contributed by atoms with van der Waals surface area (Å²) in [5.41, 5.74) is 9.39. The number of carbonyl (C=O) groups excluding carboxylic acids is 1. The van der Waals surface area contributed by atoms with E-state index in [1.165, 1.54) is 19.3 Å². The van der Waals surface area contributed by atoms with E-state index < -0.39 is 0 Å². The Hall–Kier alpha value is -2.69. The van der Waals surface area contributed by atoms with E-state index in [9.17, 15) is 4.79 Å². The molecule has 110 valence electrons. The van der Waals surface area contributed by atoms with Gasteiger partial charge in [-0.1, -0.05) is 30.7 Å². The zero-order valence-electron chi connectivity index (χ0n) is 12.1. The first kappa shape index (κ1) is 13.0. The van der Waals surface area contributed by atoms with E-state index >= 15 is 0 Å². The van der Waals surface area contributed by atoms with Crippen molar-refractivity contribution in [3.8, 4) is 11.3 Å². The molecule has 0 amide bonds. The van der Waals surface area contributed by atoms with E-state index in [2.05, 4.69) is 9.38 Å². The Morgan fingerprint density at radius 1 is 1.23 bits per heavy atom. The zero-order valence-corrected chi connectivity index (χ0v) is 12.1. The van der Waals surface area contributed by atoms with Crippen molar-refractivity contribution >= 4 is 17.6 Å². The minimum atomic E-state index is 0.482. The second kappa shape index (κ2) is 4.94. The van der Waals surface area contributed by atoms with Gasteiger partial charge >= 0.3 is 0 Å². The monoisotopic (exact) mass is 292 g/mol. The van der Waals surface area contributed by atoms with E-state index in [1.54, 1.807) is 18.3 Å². The highest BCUT2D eigenvalue weighted by molar-refractivity contribution is 5.86. The number of anilines is 1. The molecule has 1 aliphatic rings. The van der Waals surface area contributed by atoms with Crippen molar-refractivity contribution in [2.24, 2.45) is 0 Å². The summed E-state index contributed by atoms with van der Waals surface area (Å²) in [4.78, 5) is 19.9. The number of nitrogen functional groups attached to an aromatic ring is 1. The predicted octanol–water partition coefficient (Wildman–Crippen LogP) is 3.06. The summed E-state index contributed by atoms with van der Waals surface area (Å²) in [6, 6.07) is 7.40. The third kappa shape index (κ3) is 1.89. The highest BCUT2D eigenvalue weighted by Gasteiger charge is 2.26. The van der Waals surface area contributed by atoms with Crippen LogP contribution in [0.4, 0.5) is 5.82 Å². The summed E-state index contributed by atoms with van der Waals surface area (Å²) < 4.78 is 2.06. The fourth-order valence-electron chi connectivity index (χ4n) is 2.96. The van der Waals surface area contributed by atoms with Gasteiger partial charge in [0, 0.05) is 29.4 Å². The van der Waals surface area contributed by atoms with Crippen LogP contribution in [-0.2, 0) is 0 Å². The number of hydrogen-bond donors (Lipinski definition) is 1. The molecule has 22 heavy (non-hydrogen) atoms. The summed E-state index contributed by atoms with van der Waals surface area (Å²) in [7, 11) is 0. The van der Waals surface area contributed by atoms with Crippen LogP contribution in [0, 0.1) is 0 Å². The van der Waals surface area contributed by atoms with Gasteiger partial charge in [-0.3, -0.25) is 9.20 Å².